The minimum Gasteiger partial charge on any atom is -0.276 e. The van der Waals surface area contributed by atoms with E-state index >= 15 is 0 Å². The van der Waals surface area contributed by atoms with Gasteiger partial charge in [-0.1, -0.05) is 36.4 Å². The third-order valence-electron chi connectivity index (χ3n) is 3.32. The second-order valence-corrected chi connectivity index (χ2v) is 5.22. The SMILES string of the molecule is Cc1cc(-c2ccccc2)c(C(=O)Cl)c(C(=O)Cl)c1C. The molecule has 0 aliphatic carbocycles. The van der Waals surface area contributed by atoms with Crippen LogP contribution in [0.25, 0.3) is 11.1 Å². The molecule has 0 spiro atoms. The first kappa shape index (κ1) is 14.8. The second-order valence-electron chi connectivity index (χ2n) is 4.53. The maximum absolute atomic E-state index is 11.8. The van der Waals surface area contributed by atoms with Gasteiger partial charge in [0.15, 0.2) is 0 Å². The van der Waals surface area contributed by atoms with Gasteiger partial charge in [-0.05, 0) is 59.3 Å². The predicted molar refractivity (Wildman–Crippen MR) is 81.7 cm³/mol. The highest BCUT2D eigenvalue weighted by Crippen LogP contribution is 2.32. The van der Waals surface area contributed by atoms with Crippen LogP contribution in [-0.4, -0.2) is 10.5 Å². The van der Waals surface area contributed by atoms with Crippen molar-refractivity contribution in [3.63, 3.8) is 0 Å². The Labute approximate surface area is 127 Å². The van der Waals surface area contributed by atoms with Gasteiger partial charge in [0.2, 0.25) is 0 Å². The lowest BCUT2D eigenvalue weighted by Crippen LogP contribution is -2.08. The van der Waals surface area contributed by atoms with E-state index in [0.29, 0.717) is 11.1 Å². The number of carbonyl (C=O) groups excluding carboxylic acids is 2. The Morgan fingerprint density at radius 2 is 1.45 bits per heavy atom. The lowest BCUT2D eigenvalue weighted by molar-refractivity contribution is 0.105. The van der Waals surface area contributed by atoms with E-state index in [4.69, 9.17) is 23.2 Å². The summed E-state index contributed by atoms with van der Waals surface area (Å²) in [5.74, 6) is 0. The Morgan fingerprint density at radius 1 is 0.900 bits per heavy atom. The molecule has 0 saturated heterocycles. The normalized spacial score (nSPS) is 10.4. The zero-order valence-corrected chi connectivity index (χ0v) is 12.5. The van der Waals surface area contributed by atoms with Gasteiger partial charge in [0.1, 0.15) is 0 Å². The summed E-state index contributed by atoms with van der Waals surface area (Å²) >= 11 is 11.3. The molecule has 0 amide bonds. The summed E-state index contributed by atoms with van der Waals surface area (Å²) < 4.78 is 0. The van der Waals surface area contributed by atoms with Gasteiger partial charge in [0.25, 0.3) is 10.5 Å². The lowest BCUT2D eigenvalue weighted by Gasteiger charge is -2.15. The van der Waals surface area contributed by atoms with E-state index in [1.165, 1.54) is 0 Å². The van der Waals surface area contributed by atoms with Crippen molar-refractivity contribution in [1.29, 1.82) is 0 Å². The van der Waals surface area contributed by atoms with Gasteiger partial charge in [-0.2, -0.15) is 0 Å². The maximum atomic E-state index is 11.8. The van der Waals surface area contributed by atoms with Gasteiger partial charge in [-0.3, -0.25) is 9.59 Å². The zero-order valence-electron chi connectivity index (χ0n) is 11.0. The van der Waals surface area contributed by atoms with Crippen molar-refractivity contribution in [3.05, 3.63) is 58.7 Å². The highest BCUT2D eigenvalue weighted by Gasteiger charge is 2.23. The molecular weight excluding hydrogens is 295 g/mol. The summed E-state index contributed by atoms with van der Waals surface area (Å²) in [4.78, 5) is 23.5. The van der Waals surface area contributed by atoms with Crippen LogP contribution in [0.15, 0.2) is 36.4 Å². The molecule has 20 heavy (non-hydrogen) atoms. The molecule has 0 aromatic heterocycles. The average Bonchev–Trinajstić information content (AvgIpc) is 2.41. The number of hydrogen-bond donors (Lipinski definition) is 0. The van der Waals surface area contributed by atoms with Crippen LogP contribution in [0.3, 0.4) is 0 Å². The predicted octanol–water partition coefficient (Wildman–Crippen LogP) is 4.73. The van der Waals surface area contributed by atoms with E-state index in [1.54, 1.807) is 6.92 Å². The van der Waals surface area contributed by atoms with Crippen LogP contribution in [-0.2, 0) is 0 Å². The molecule has 0 heterocycles. The van der Waals surface area contributed by atoms with Crippen LogP contribution in [0, 0.1) is 13.8 Å². The standard InChI is InChI=1S/C16H12Cl2O2/c1-9-8-12(11-6-4-3-5-7-11)14(16(18)20)13(10(9)2)15(17)19/h3-8H,1-2H3. The summed E-state index contributed by atoms with van der Waals surface area (Å²) in [6.07, 6.45) is 0. The Morgan fingerprint density at radius 3 is 1.95 bits per heavy atom. The molecule has 2 aromatic carbocycles. The highest BCUT2D eigenvalue weighted by molar-refractivity contribution is 6.72. The first-order valence-corrected chi connectivity index (χ1v) is 6.78. The maximum Gasteiger partial charge on any atom is 0.253 e. The van der Waals surface area contributed by atoms with Gasteiger partial charge >= 0.3 is 0 Å². The van der Waals surface area contributed by atoms with E-state index in [2.05, 4.69) is 0 Å². The minimum atomic E-state index is -0.684. The molecule has 0 atom stereocenters. The van der Waals surface area contributed by atoms with E-state index in [9.17, 15) is 9.59 Å². The lowest BCUT2D eigenvalue weighted by atomic mass is 9.90. The summed E-state index contributed by atoms with van der Waals surface area (Å²) in [6, 6.07) is 11.2. The van der Waals surface area contributed by atoms with Crippen molar-refractivity contribution in [1.82, 2.24) is 0 Å². The fourth-order valence-electron chi connectivity index (χ4n) is 2.21. The average molecular weight is 307 g/mol. The molecular formula is C16H12Cl2O2. The Hall–Kier alpha value is -1.64. The quantitative estimate of drug-likeness (QED) is 0.768. The number of hydrogen-bond acceptors (Lipinski definition) is 2. The molecule has 0 N–H and O–H groups in total. The van der Waals surface area contributed by atoms with Gasteiger partial charge in [0.05, 0.1) is 5.56 Å². The van der Waals surface area contributed by atoms with E-state index in [1.807, 2.05) is 43.3 Å². The number of rotatable bonds is 3. The number of aryl methyl sites for hydroxylation is 1. The summed E-state index contributed by atoms with van der Waals surface area (Å²) in [7, 11) is 0. The van der Waals surface area contributed by atoms with Crippen LogP contribution < -0.4 is 0 Å². The Kier molecular flexibility index (Phi) is 4.26. The molecule has 0 radical (unpaired) electrons. The zero-order chi connectivity index (χ0) is 14.9. The minimum absolute atomic E-state index is 0.168. The van der Waals surface area contributed by atoms with Crippen LogP contribution in [0.2, 0.25) is 0 Å². The fourth-order valence-corrected chi connectivity index (χ4v) is 2.64. The molecule has 2 rings (SSSR count). The topological polar surface area (TPSA) is 34.1 Å². The van der Waals surface area contributed by atoms with E-state index in [0.717, 1.165) is 11.1 Å². The molecule has 0 saturated carbocycles. The molecule has 0 aliphatic rings. The van der Waals surface area contributed by atoms with Crippen molar-refractivity contribution in [2.75, 3.05) is 0 Å². The van der Waals surface area contributed by atoms with Crippen LogP contribution in [0.4, 0.5) is 0 Å². The van der Waals surface area contributed by atoms with Gasteiger partial charge < -0.3 is 0 Å². The van der Waals surface area contributed by atoms with Crippen molar-refractivity contribution >= 4 is 33.7 Å². The first-order chi connectivity index (χ1) is 9.43. The Bertz CT molecular complexity index is 691. The smallest absolute Gasteiger partial charge is 0.253 e. The third kappa shape index (κ3) is 2.62. The second kappa shape index (κ2) is 5.78. The van der Waals surface area contributed by atoms with E-state index in [-0.39, 0.29) is 11.1 Å². The Balaban J connectivity index is 2.88. The van der Waals surface area contributed by atoms with Crippen LogP contribution >= 0.6 is 23.2 Å². The van der Waals surface area contributed by atoms with Crippen molar-refractivity contribution in [2.45, 2.75) is 13.8 Å². The molecule has 0 fully saturated rings. The van der Waals surface area contributed by atoms with E-state index < -0.39 is 10.5 Å². The summed E-state index contributed by atoms with van der Waals surface area (Å²) in [5, 5.41) is -1.36. The molecule has 4 heteroatoms. The monoisotopic (exact) mass is 306 g/mol. The number of benzene rings is 2. The molecule has 102 valence electrons. The van der Waals surface area contributed by atoms with Crippen molar-refractivity contribution in [2.24, 2.45) is 0 Å². The largest absolute Gasteiger partial charge is 0.276 e. The molecule has 2 nitrogen and oxygen atoms in total. The molecule has 0 aliphatic heterocycles. The van der Waals surface area contributed by atoms with Crippen molar-refractivity contribution in [3.8, 4) is 11.1 Å². The molecule has 0 bridgehead atoms. The summed E-state index contributed by atoms with van der Waals surface area (Å²) in [6.45, 7) is 3.62. The molecule has 2 aromatic rings. The third-order valence-corrected chi connectivity index (χ3v) is 3.70. The number of carbonyl (C=O) groups is 2. The molecule has 0 unspecified atom stereocenters. The highest BCUT2D eigenvalue weighted by atomic mass is 35.5. The van der Waals surface area contributed by atoms with Gasteiger partial charge in [0, 0.05) is 5.56 Å². The fraction of sp³-hybridized carbons (Fsp3) is 0.125. The first-order valence-electron chi connectivity index (χ1n) is 6.02. The van der Waals surface area contributed by atoms with Gasteiger partial charge in [-0.15, -0.1) is 0 Å². The van der Waals surface area contributed by atoms with Gasteiger partial charge in [-0.25, -0.2) is 0 Å². The van der Waals surface area contributed by atoms with Crippen molar-refractivity contribution < 1.29 is 9.59 Å². The van der Waals surface area contributed by atoms with Crippen LogP contribution in [0.1, 0.15) is 31.8 Å². The number of halogens is 2. The summed E-state index contributed by atoms with van der Waals surface area (Å²) in [5.41, 5.74) is 3.35. The van der Waals surface area contributed by atoms with Crippen LogP contribution in [0.5, 0.6) is 0 Å².